The second kappa shape index (κ2) is 4.30. The number of aliphatic imine (C=N–C) groups is 1. The van der Waals surface area contributed by atoms with Crippen molar-refractivity contribution in [2.24, 2.45) is 16.8 Å². The van der Waals surface area contributed by atoms with E-state index in [1.54, 1.807) is 7.05 Å². The third kappa shape index (κ3) is 2.11. The maximum atomic E-state index is 5.26. The lowest BCUT2D eigenvalue weighted by Gasteiger charge is -2.18. The molecule has 4 N–H and O–H groups in total. The molecule has 2 atom stereocenters. The minimum atomic E-state index is 0.541. The number of hydrogen-bond acceptors (Lipinski definition) is 2. The van der Waals surface area contributed by atoms with Crippen LogP contribution in [0.1, 0.15) is 26.2 Å². The minimum absolute atomic E-state index is 0.541. The molecule has 1 saturated carbocycles. The van der Waals surface area contributed by atoms with E-state index in [2.05, 4.69) is 22.7 Å². The van der Waals surface area contributed by atoms with Crippen molar-refractivity contribution >= 4 is 5.96 Å². The van der Waals surface area contributed by atoms with Crippen LogP contribution in [0, 0.1) is 5.92 Å². The van der Waals surface area contributed by atoms with Crippen molar-refractivity contribution in [2.45, 2.75) is 32.2 Å². The van der Waals surface area contributed by atoms with E-state index in [-0.39, 0.29) is 0 Å². The Morgan fingerprint density at radius 2 is 2.25 bits per heavy atom. The van der Waals surface area contributed by atoms with Gasteiger partial charge in [0.2, 0.25) is 5.96 Å². The predicted molar refractivity (Wildman–Crippen MR) is 50.6 cm³/mol. The van der Waals surface area contributed by atoms with Gasteiger partial charge in [-0.15, -0.1) is 0 Å². The van der Waals surface area contributed by atoms with Crippen LogP contribution in [0.2, 0.25) is 0 Å². The van der Waals surface area contributed by atoms with E-state index in [1.165, 1.54) is 19.3 Å². The maximum Gasteiger partial charge on any atom is 0.205 e. The molecule has 1 fully saturated rings. The van der Waals surface area contributed by atoms with Gasteiger partial charge in [0.15, 0.2) is 0 Å². The van der Waals surface area contributed by atoms with Gasteiger partial charge < -0.3 is 5.32 Å². The van der Waals surface area contributed by atoms with E-state index in [0.29, 0.717) is 12.0 Å². The lowest BCUT2D eigenvalue weighted by Crippen LogP contribution is -2.47. The number of nitrogens with zero attached hydrogens (tertiary/aromatic N) is 1. The molecule has 0 saturated heterocycles. The van der Waals surface area contributed by atoms with Gasteiger partial charge >= 0.3 is 0 Å². The van der Waals surface area contributed by atoms with Gasteiger partial charge in [0.25, 0.3) is 0 Å². The first kappa shape index (κ1) is 9.32. The molecule has 0 aromatic rings. The molecule has 1 aliphatic carbocycles. The maximum absolute atomic E-state index is 5.26. The fraction of sp³-hybridized carbons (Fsp3) is 0.875. The average Bonchev–Trinajstić information content (AvgIpc) is 2.47. The van der Waals surface area contributed by atoms with Crippen LogP contribution in [0.25, 0.3) is 0 Å². The van der Waals surface area contributed by atoms with Crippen LogP contribution >= 0.6 is 0 Å². The van der Waals surface area contributed by atoms with E-state index in [1.807, 2.05) is 0 Å². The fourth-order valence-electron chi connectivity index (χ4n) is 1.71. The molecular weight excluding hydrogens is 152 g/mol. The van der Waals surface area contributed by atoms with Crippen molar-refractivity contribution in [1.29, 1.82) is 0 Å². The summed E-state index contributed by atoms with van der Waals surface area (Å²) in [4.78, 5) is 3.97. The second-order valence-electron chi connectivity index (χ2n) is 3.38. The van der Waals surface area contributed by atoms with Gasteiger partial charge in [0, 0.05) is 13.1 Å². The van der Waals surface area contributed by atoms with Crippen LogP contribution in [-0.2, 0) is 0 Å². The number of nitrogens with two attached hydrogens (primary N) is 1. The van der Waals surface area contributed by atoms with Gasteiger partial charge in [0.1, 0.15) is 0 Å². The summed E-state index contributed by atoms with van der Waals surface area (Å²) in [7, 11) is 1.72. The third-order valence-electron chi connectivity index (χ3n) is 2.54. The first-order chi connectivity index (χ1) is 5.77. The Morgan fingerprint density at radius 1 is 1.50 bits per heavy atom. The molecule has 0 aromatic heterocycles. The lowest BCUT2D eigenvalue weighted by atomic mass is 10.1. The molecular formula is C8H18N4. The largest absolute Gasteiger partial charge is 0.352 e. The molecule has 4 heteroatoms. The molecule has 1 rings (SSSR count). The SMILES string of the molecule is CN=C(NN)NC1CCCC1C. The molecule has 0 amide bonds. The molecule has 0 spiro atoms. The molecule has 12 heavy (non-hydrogen) atoms. The Morgan fingerprint density at radius 3 is 2.67 bits per heavy atom. The quantitative estimate of drug-likeness (QED) is 0.228. The normalized spacial score (nSPS) is 30.4. The van der Waals surface area contributed by atoms with Gasteiger partial charge in [-0.3, -0.25) is 10.4 Å². The fourth-order valence-corrected chi connectivity index (χ4v) is 1.71. The topological polar surface area (TPSA) is 62.4 Å². The van der Waals surface area contributed by atoms with Crippen molar-refractivity contribution in [2.75, 3.05) is 7.05 Å². The molecule has 1 aliphatic rings. The molecule has 0 bridgehead atoms. The molecule has 2 unspecified atom stereocenters. The minimum Gasteiger partial charge on any atom is -0.352 e. The van der Waals surface area contributed by atoms with Gasteiger partial charge in [-0.25, -0.2) is 5.84 Å². The van der Waals surface area contributed by atoms with E-state index in [4.69, 9.17) is 5.84 Å². The summed E-state index contributed by atoms with van der Waals surface area (Å²) in [5.41, 5.74) is 2.54. The Bertz CT molecular complexity index is 166. The molecule has 0 heterocycles. The molecule has 4 nitrogen and oxygen atoms in total. The second-order valence-corrected chi connectivity index (χ2v) is 3.38. The first-order valence-corrected chi connectivity index (χ1v) is 4.48. The molecule has 70 valence electrons. The van der Waals surface area contributed by atoms with Crippen LogP contribution in [0.4, 0.5) is 0 Å². The summed E-state index contributed by atoms with van der Waals surface area (Å²) >= 11 is 0. The van der Waals surface area contributed by atoms with Crippen LogP contribution < -0.4 is 16.6 Å². The van der Waals surface area contributed by atoms with Gasteiger partial charge in [-0.05, 0) is 18.8 Å². The highest BCUT2D eigenvalue weighted by molar-refractivity contribution is 5.79. The van der Waals surface area contributed by atoms with Gasteiger partial charge in [-0.2, -0.15) is 0 Å². The lowest BCUT2D eigenvalue weighted by molar-refractivity contribution is 0.481. The zero-order valence-corrected chi connectivity index (χ0v) is 7.80. The van der Waals surface area contributed by atoms with Gasteiger partial charge in [-0.1, -0.05) is 13.3 Å². The number of hydrogen-bond donors (Lipinski definition) is 3. The third-order valence-corrected chi connectivity index (χ3v) is 2.54. The Hall–Kier alpha value is -0.770. The average molecular weight is 170 g/mol. The van der Waals surface area contributed by atoms with Crippen LogP contribution in [0.3, 0.4) is 0 Å². The number of guanidine groups is 1. The van der Waals surface area contributed by atoms with Crippen molar-refractivity contribution < 1.29 is 0 Å². The highest BCUT2D eigenvalue weighted by atomic mass is 15.3. The van der Waals surface area contributed by atoms with Gasteiger partial charge in [0.05, 0.1) is 0 Å². The molecule has 0 aliphatic heterocycles. The smallest absolute Gasteiger partial charge is 0.205 e. The number of hydrazine groups is 1. The predicted octanol–water partition coefficient (Wildman–Crippen LogP) is 0.214. The monoisotopic (exact) mass is 170 g/mol. The number of nitrogens with one attached hydrogen (secondary N) is 2. The summed E-state index contributed by atoms with van der Waals surface area (Å²) in [5.74, 6) is 6.68. The number of rotatable bonds is 1. The highest BCUT2D eigenvalue weighted by Crippen LogP contribution is 2.24. The Kier molecular flexibility index (Phi) is 3.34. The van der Waals surface area contributed by atoms with Crippen molar-refractivity contribution in [1.82, 2.24) is 10.7 Å². The van der Waals surface area contributed by atoms with E-state index in [9.17, 15) is 0 Å². The summed E-state index contributed by atoms with van der Waals surface area (Å²) < 4.78 is 0. The van der Waals surface area contributed by atoms with Crippen molar-refractivity contribution in [3.63, 3.8) is 0 Å². The zero-order valence-electron chi connectivity index (χ0n) is 7.80. The van der Waals surface area contributed by atoms with E-state index >= 15 is 0 Å². The highest BCUT2D eigenvalue weighted by Gasteiger charge is 2.23. The summed E-state index contributed by atoms with van der Waals surface area (Å²) in [5, 5.41) is 3.28. The summed E-state index contributed by atoms with van der Waals surface area (Å²) in [6.07, 6.45) is 3.83. The standard InChI is InChI=1S/C8H18N4/c1-6-4-3-5-7(6)11-8(10-2)12-9/h6-7H,3-5,9H2,1-2H3,(H2,10,11,12). The van der Waals surface area contributed by atoms with Crippen molar-refractivity contribution in [3.8, 4) is 0 Å². The van der Waals surface area contributed by atoms with Crippen LogP contribution in [-0.4, -0.2) is 19.0 Å². The van der Waals surface area contributed by atoms with Crippen LogP contribution in [0.15, 0.2) is 4.99 Å². The van der Waals surface area contributed by atoms with Crippen molar-refractivity contribution in [3.05, 3.63) is 0 Å². The molecule has 0 aromatic carbocycles. The molecule has 0 radical (unpaired) electrons. The van der Waals surface area contributed by atoms with Crippen LogP contribution in [0.5, 0.6) is 0 Å². The summed E-state index contributed by atoms with van der Waals surface area (Å²) in [6.45, 7) is 2.26. The first-order valence-electron chi connectivity index (χ1n) is 4.48. The zero-order chi connectivity index (χ0) is 8.97. The summed E-state index contributed by atoms with van der Waals surface area (Å²) in [6, 6.07) is 0.541. The Labute approximate surface area is 73.6 Å². The van der Waals surface area contributed by atoms with E-state index < -0.39 is 0 Å². The Balaban J connectivity index is 2.39. The van der Waals surface area contributed by atoms with E-state index in [0.717, 1.165) is 5.92 Å².